The lowest BCUT2D eigenvalue weighted by molar-refractivity contribution is 0.298. The summed E-state index contributed by atoms with van der Waals surface area (Å²) in [6.07, 6.45) is 3.67. The Balaban J connectivity index is 1.61. The van der Waals surface area contributed by atoms with Gasteiger partial charge in [-0.15, -0.1) is 5.10 Å². The number of nitrogens with one attached hydrogen (secondary N) is 2. The first-order valence-corrected chi connectivity index (χ1v) is 10.7. The maximum atomic E-state index is 13.6. The summed E-state index contributed by atoms with van der Waals surface area (Å²) >= 11 is 12.4. The van der Waals surface area contributed by atoms with Gasteiger partial charge in [-0.25, -0.2) is 4.39 Å². The maximum Gasteiger partial charge on any atom is 0.141 e. The van der Waals surface area contributed by atoms with Crippen LogP contribution in [0.4, 0.5) is 21.5 Å². The molecule has 4 aromatic rings. The van der Waals surface area contributed by atoms with E-state index in [1.807, 2.05) is 6.07 Å². The van der Waals surface area contributed by atoms with Crippen LogP contribution >= 0.6 is 23.2 Å². The number of pyridine rings is 1. The molecule has 2 aromatic heterocycles. The first-order valence-electron chi connectivity index (χ1n) is 9.96. The van der Waals surface area contributed by atoms with Gasteiger partial charge >= 0.3 is 0 Å². The van der Waals surface area contributed by atoms with Crippen molar-refractivity contribution in [3.05, 3.63) is 69.8 Å². The molecule has 11 heteroatoms. The molecule has 2 heterocycles. The number of nitriles is 1. The predicted molar refractivity (Wildman–Crippen MR) is 125 cm³/mol. The molecule has 0 amide bonds. The minimum atomic E-state index is -0.535. The van der Waals surface area contributed by atoms with Crippen molar-refractivity contribution in [1.29, 1.82) is 5.26 Å². The highest BCUT2D eigenvalue weighted by molar-refractivity contribution is 6.36. The Bertz CT molecular complexity index is 1350. The van der Waals surface area contributed by atoms with E-state index in [9.17, 15) is 9.65 Å². The van der Waals surface area contributed by atoms with E-state index in [1.165, 1.54) is 24.4 Å². The number of anilines is 3. The van der Waals surface area contributed by atoms with Crippen LogP contribution < -0.4 is 10.6 Å². The third-order valence-corrected chi connectivity index (χ3v) is 5.44. The van der Waals surface area contributed by atoms with Gasteiger partial charge in [-0.1, -0.05) is 28.4 Å². The van der Waals surface area contributed by atoms with Gasteiger partial charge in [-0.05, 0) is 30.3 Å². The second-order valence-corrected chi connectivity index (χ2v) is 7.95. The monoisotopic (exact) mass is 485 g/mol. The number of fused-ring (bicyclic) bond motifs is 1. The van der Waals surface area contributed by atoms with Crippen LogP contribution in [0.5, 0.6) is 0 Å². The average molecular weight is 486 g/mol. The largest absolute Gasteiger partial charge is 0.396 e. The van der Waals surface area contributed by atoms with E-state index in [1.54, 1.807) is 16.9 Å². The van der Waals surface area contributed by atoms with Gasteiger partial charge in [-0.2, -0.15) is 5.26 Å². The van der Waals surface area contributed by atoms with E-state index in [0.717, 1.165) is 11.4 Å². The first kappa shape index (κ1) is 22.7. The van der Waals surface area contributed by atoms with E-state index in [4.69, 9.17) is 28.3 Å². The third kappa shape index (κ3) is 5.14. The van der Waals surface area contributed by atoms with Crippen molar-refractivity contribution in [2.75, 3.05) is 23.8 Å². The van der Waals surface area contributed by atoms with Crippen LogP contribution in [0.3, 0.4) is 0 Å². The average Bonchev–Trinajstić information content (AvgIpc) is 3.24. The van der Waals surface area contributed by atoms with E-state index in [0.29, 0.717) is 52.4 Å². The van der Waals surface area contributed by atoms with Crippen molar-refractivity contribution < 1.29 is 9.50 Å². The van der Waals surface area contributed by atoms with Gasteiger partial charge in [0.15, 0.2) is 0 Å². The fourth-order valence-corrected chi connectivity index (χ4v) is 3.74. The molecule has 0 saturated carbocycles. The van der Waals surface area contributed by atoms with Crippen molar-refractivity contribution in [2.45, 2.75) is 13.0 Å². The van der Waals surface area contributed by atoms with Gasteiger partial charge < -0.3 is 15.7 Å². The SMILES string of the molecule is N#Cc1cnc2c(Cl)cc(NCCn3cc(CCO)nn3)cc2c1Nc1ccc(F)c(Cl)c1. The molecule has 0 aliphatic heterocycles. The van der Waals surface area contributed by atoms with Crippen LogP contribution in [0.25, 0.3) is 10.9 Å². The van der Waals surface area contributed by atoms with Gasteiger partial charge in [0.25, 0.3) is 0 Å². The highest BCUT2D eigenvalue weighted by atomic mass is 35.5. The van der Waals surface area contributed by atoms with Crippen LogP contribution in [0.1, 0.15) is 11.3 Å². The molecule has 0 fully saturated rings. The van der Waals surface area contributed by atoms with Crippen LogP contribution in [0.15, 0.2) is 42.7 Å². The Morgan fingerprint density at radius 3 is 2.73 bits per heavy atom. The molecular formula is C22H18Cl2FN7O. The Morgan fingerprint density at radius 1 is 1.15 bits per heavy atom. The maximum absolute atomic E-state index is 13.6. The van der Waals surface area contributed by atoms with Crippen molar-refractivity contribution in [3.63, 3.8) is 0 Å². The zero-order chi connectivity index (χ0) is 23.4. The molecular weight excluding hydrogens is 468 g/mol. The normalized spacial score (nSPS) is 10.9. The molecule has 3 N–H and O–H groups in total. The van der Waals surface area contributed by atoms with Crippen molar-refractivity contribution in [3.8, 4) is 6.07 Å². The molecule has 0 atom stereocenters. The molecule has 0 unspecified atom stereocenters. The molecule has 0 spiro atoms. The number of benzene rings is 2. The molecule has 0 radical (unpaired) electrons. The van der Waals surface area contributed by atoms with Crippen LogP contribution in [-0.2, 0) is 13.0 Å². The number of rotatable bonds is 8. The molecule has 8 nitrogen and oxygen atoms in total. The Morgan fingerprint density at radius 2 is 1.97 bits per heavy atom. The minimum Gasteiger partial charge on any atom is -0.396 e. The lowest BCUT2D eigenvalue weighted by atomic mass is 10.1. The van der Waals surface area contributed by atoms with Gasteiger partial charge in [0.05, 0.1) is 39.1 Å². The first-order chi connectivity index (χ1) is 16.0. The highest BCUT2D eigenvalue weighted by Gasteiger charge is 2.14. The molecule has 33 heavy (non-hydrogen) atoms. The second-order valence-electron chi connectivity index (χ2n) is 7.14. The predicted octanol–water partition coefficient (Wildman–Crippen LogP) is 4.53. The number of aliphatic hydroxyl groups excluding tert-OH is 1. The minimum absolute atomic E-state index is 0.0196. The number of aromatic nitrogens is 4. The van der Waals surface area contributed by atoms with Crippen LogP contribution in [-0.4, -0.2) is 38.2 Å². The topological polar surface area (TPSA) is 112 Å². The summed E-state index contributed by atoms with van der Waals surface area (Å²) in [6, 6.07) is 9.92. The van der Waals surface area contributed by atoms with E-state index < -0.39 is 5.82 Å². The van der Waals surface area contributed by atoms with Crippen LogP contribution in [0, 0.1) is 17.1 Å². The van der Waals surface area contributed by atoms with Gasteiger partial charge in [-0.3, -0.25) is 9.67 Å². The van der Waals surface area contributed by atoms with Crippen LogP contribution in [0.2, 0.25) is 10.0 Å². The number of halogens is 3. The Labute approximate surface area is 198 Å². The van der Waals surface area contributed by atoms with Crippen molar-refractivity contribution in [1.82, 2.24) is 20.0 Å². The summed E-state index contributed by atoms with van der Waals surface area (Å²) in [5, 5.41) is 34.0. The van der Waals surface area contributed by atoms with Gasteiger partial charge in [0.1, 0.15) is 11.9 Å². The smallest absolute Gasteiger partial charge is 0.141 e. The number of nitrogens with zero attached hydrogens (tertiary/aromatic N) is 5. The zero-order valence-corrected chi connectivity index (χ0v) is 18.7. The fraction of sp³-hybridized carbons (Fsp3) is 0.182. The van der Waals surface area contributed by atoms with E-state index >= 15 is 0 Å². The van der Waals surface area contributed by atoms with Gasteiger partial charge in [0.2, 0.25) is 0 Å². The third-order valence-electron chi connectivity index (χ3n) is 4.86. The van der Waals surface area contributed by atoms with Gasteiger partial charge in [0, 0.05) is 48.7 Å². The second kappa shape index (κ2) is 10.0. The standard InChI is InChI=1S/C22H18Cl2FN7O/c23-18-8-14(1-2-20(18)25)29-21-13(10-26)11-28-22-17(21)7-16(9-19(22)24)27-4-5-32-12-15(3-6-33)30-31-32/h1-2,7-9,11-12,27,33H,3-6H2,(H,28,29). The summed E-state index contributed by atoms with van der Waals surface area (Å²) in [4.78, 5) is 4.32. The van der Waals surface area contributed by atoms with Crippen molar-refractivity contribution >= 4 is 51.2 Å². The van der Waals surface area contributed by atoms with Crippen molar-refractivity contribution in [2.24, 2.45) is 0 Å². The molecule has 0 aliphatic rings. The Kier molecular flexibility index (Phi) is 6.89. The van der Waals surface area contributed by atoms with E-state index in [-0.39, 0.29) is 11.6 Å². The van der Waals surface area contributed by atoms with E-state index in [2.05, 4.69) is 32.0 Å². The molecule has 0 bridgehead atoms. The summed E-state index contributed by atoms with van der Waals surface area (Å²) in [6.45, 7) is 1.10. The lowest BCUT2D eigenvalue weighted by Crippen LogP contribution is -2.11. The summed E-state index contributed by atoms with van der Waals surface area (Å²) in [5.41, 5.74) is 3.26. The summed E-state index contributed by atoms with van der Waals surface area (Å²) in [7, 11) is 0. The molecule has 0 saturated heterocycles. The quantitative estimate of drug-likeness (QED) is 0.336. The molecule has 168 valence electrons. The number of aliphatic hydroxyl groups is 1. The fourth-order valence-electron chi connectivity index (χ4n) is 3.29. The molecule has 2 aromatic carbocycles. The summed E-state index contributed by atoms with van der Waals surface area (Å²) in [5.74, 6) is -0.535. The lowest BCUT2D eigenvalue weighted by Gasteiger charge is -2.14. The molecule has 4 rings (SSSR count). The highest BCUT2D eigenvalue weighted by Crippen LogP contribution is 2.35. The number of hydrogen-bond acceptors (Lipinski definition) is 7. The molecule has 0 aliphatic carbocycles. The zero-order valence-electron chi connectivity index (χ0n) is 17.2. The Hall–Kier alpha value is -3.45. The summed E-state index contributed by atoms with van der Waals surface area (Å²) < 4.78 is 15.2. The number of hydrogen-bond donors (Lipinski definition) is 3.